The van der Waals surface area contributed by atoms with Gasteiger partial charge in [0, 0.05) is 18.1 Å². The first-order chi connectivity index (χ1) is 14.3. The summed E-state index contributed by atoms with van der Waals surface area (Å²) in [5.74, 6) is 0.436. The van der Waals surface area contributed by atoms with Crippen LogP contribution in [0.5, 0.6) is 5.75 Å². The summed E-state index contributed by atoms with van der Waals surface area (Å²) >= 11 is 9.34. The van der Waals surface area contributed by atoms with Crippen molar-refractivity contribution in [3.8, 4) is 5.75 Å². The van der Waals surface area contributed by atoms with Crippen molar-refractivity contribution in [1.29, 1.82) is 0 Å². The van der Waals surface area contributed by atoms with Crippen molar-refractivity contribution in [3.05, 3.63) is 63.6 Å². The predicted octanol–water partition coefficient (Wildman–Crippen LogP) is 4.71. The fourth-order valence-corrected chi connectivity index (χ4v) is 3.63. The van der Waals surface area contributed by atoms with Gasteiger partial charge in [-0.3, -0.25) is 9.59 Å². The molecule has 0 fully saturated rings. The van der Waals surface area contributed by atoms with E-state index >= 15 is 0 Å². The van der Waals surface area contributed by atoms with Crippen LogP contribution in [0.3, 0.4) is 0 Å². The summed E-state index contributed by atoms with van der Waals surface area (Å²) in [6.45, 7) is 6.62. The largest absolute Gasteiger partial charge is 0.483 e. The normalized spacial score (nSPS) is 11.8. The van der Waals surface area contributed by atoms with Crippen molar-refractivity contribution in [1.82, 2.24) is 10.2 Å². The summed E-state index contributed by atoms with van der Waals surface area (Å²) < 4.78 is 6.35. The van der Waals surface area contributed by atoms with E-state index in [4.69, 9.17) is 16.3 Å². The Labute approximate surface area is 191 Å². The SMILES string of the molecule is CC(C)CNC(=O)C(C)N(CCc1ccccc1)C(=O)COc1ccc(Cl)cc1Br. The van der Waals surface area contributed by atoms with E-state index in [1.165, 1.54) is 0 Å². The van der Waals surface area contributed by atoms with E-state index in [0.29, 0.717) is 40.7 Å². The van der Waals surface area contributed by atoms with Crippen LogP contribution in [0.4, 0.5) is 0 Å². The van der Waals surface area contributed by atoms with E-state index in [1.54, 1.807) is 30.0 Å². The first kappa shape index (κ1) is 24.2. The topological polar surface area (TPSA) is 58.6 Å². The number of amides is 2. The predicted molar refractivity (Wildman–Crippen MR) is 124 cm³/mol. The summed E-state index contributed by atoms with van der Waals surface area (Å²) in [6, 6.07) is 14.4. The molecule has 5 nitrogen and oxygen atoms in total. The van der Waals surface area contributed by atoms with Gasteiger partial charge in [0.15, 0.2) is 6.61 Å². The number of nitrogens with one attached hydrogen (secondary N) is 1. The van der Waals surface area contributed by atoms with Crippen LogP contribution < -0.4 is 10.1 Å². The van der Waals surface area contributed by atoms with Gasteiger partial charge in [0.2, 0.25) is 5.91 Å². The summed E-state index contributed by atoms with van der Waals surface area (Å²) in [4.78, 5) is 27.2. The minimum atomic E-state index is -0.600. The standard InChI is InChI=1S/C23H28BrClN2O3/c1-16(2)14-26-23(29)17(3)27(12-11-18-7-5-4-6-8-18)22(28)15-30-21-10-9-19(25)13-20(21)24/h4-10,13,16-17H,11-12,14-15H2,1-3H3,(H,26,29). The number of ether oxygens (including phenoxy) is 1. The van der Waals surface area contributed by atoms with Crippen molar-refractivity contribution in [2.75, 3.05) is 19.7 Å². The van der Waals surface area contributed by atoms with E-state index in [1.807, 2.05) is 44.2 Å². The fraction of sp³-hybridized carbons (Fsp3) is 0.391. The molecule has 0 aliphatic carbocycles. The van der Waals surface area contributed by atoms with Crippen LogP contribution in [0, 0.1) is 5.92 Å². The number of benzene rings is 2. The molecule has 30 heavy (non-hydrogen) atoms. The van der Waals surface area contributed by atoms with Gasteiger partial charge >= 0.3 is 0 Å². The molecular weight excluding hydrogens is 468 g/mol. The van der Waals surface area contributed by atoms with Crippen molar-refractivity contribution in [2.45, 2.75) is 33.2 Å². The second kappa shape index (κ2) is 12.0. The Morgan fingerprint density at radius 3 is 2.47 bits per heavy atom. The Hall–Kier alpha value is -2.05. The Balaban J connectivity index is 2.07. The van der Waals surface area contributed by atoms with Gasteiger partial charge in [-0.15, -0.1) is 0 Å². The molecule has 2 aromatic carbocycles. The zero-order valence-corrected chi connectivity index (χ0v) is 19.9. The molecule has 0 radical (unpaired) electrons. The Bertz CT molecular complexity index is 846. The molecule has 1 unspecified atom stereocenters. The minimum Gasteiger partial charge on any atom is -0.483 e. The molecule has 1 atom stereocenters. The highest BCUT2D eigenvalue weighted by Crippen LogP contribution is 2.28. The third kappa shape index (κ3) is 7.65. The molecule has 0 saturated carbocycles. The molecule has 0 saturated heterocycles. The lowest BCUT2D eigenvalue weighted by Gasteiger charge is -2.29. The van der Waals surface area contributed by atoms with Gasteiger partial charge in [0.05, 0.1) is 4.47 Å². The molecule has 7 heteroatoms. The van der Waals surface area contributed by atoms with Crippen molar-refractivity contribution in [3.63, 3.8) is 0 Å². The molecule has 0 aliphatic rings. The zero-order chi connectivity index (χ0) is 22.1. The third-order valence-electron chi connectivity index (χ3n) is 4.58. The second-order valence-electron chi connectivity index (χ2n) is 7.50. The number of hydrogen-bond acceptors (Lipinski definition) is 3. The Kier molecular flexibility index (Phi) is 9.66. The van der Waals surface area contributed by atoms with E-state index in [0.717, 1.165) is 5.56 Å². The quantitative estimate of drug-likeness (QED) is 0.519. The first-order valence-electron chi connectivity index (χ1n) is 9.97. The lowest BCUT2D eigenvalue weighted by atomic mass is 10.1. The van der Waals surface area contributed by atoms with Gasteiger partial charge < -0.3 is 15.0 Å². The average molecular weight is 496 g/mol. The molecule has 1 N–H and O–H groups in total. The maximum atomic E-state index is 13.0. The lowest BCUT2D eigenvalue weighted by molar-refractivity contribution is -0.141. The van der Waals surface area contributed by atoms with Gasteiger partial charge in [-0.1, -0.05) is 55.8 Å². The van der Waals surface area contributed by atoms with E-state index < -0.39 is 6.04 Å². The summed E-state index contributed by atoms with van der Waals surface area (Å²) in [7, 11) is 0. The fourth-order valence-electron chi connectivity index (χ4n) is 2.84. The lowest BCUT2D eigenvalue weighted by Crippen LogP contribution is -2.50. The number of carbonyl (C=O) groups is 2. The van der Waals surface area contributed by atoms with Gasteiger partial charge in [-0.2, -0.15) is 0 Å². The number of halogens is 2. The average Bonchev–Trinajstić information content (AvgIpc) is 2.72. The molecule has 162 valence electrons. The molecule has 0 aliphatic heterocycles. The van der Waals surface area contributed by atoms with Gasteiger partial charge in [0.1, 0.15) is 11.8 Å². The highest BCUT2D eigenvalue weighted by atomic mass is 79.9. The molecule has 0 spiro atoms. The summed E-state index contributed by atoms with van der Waals surface area (Å²) in [5, 5.41) is 3.48. The van der Waals surface area contributed by atoms with Crippen molar-refractivity contribution >= 4 is 39.3 Å². The third-order valence-corrected chi connectivity index (χ3v) is 5.44. The molecule has 2 aromatic rings. The van der Waals surface area contributed by atoms with Crippen molar-refractivity contribution in [2.24, 2.45) is 5.92 Å². The van der Waals surface area contributed by atoms with E-state index in [-0.39, 0.29) is 18.4 Å². The number of hydrogen-bond donors (Lipinski definition) is 1. The van der Waals surface area contributed by atoms with Crippen LogP contribution >= 0.6 is 27.5 Å². The molecule has 0 bridgehead atoms. The van der Waals surface area contributed by atoms with Crippen LogP contribution in [0.25, 0.3) is 0 Å². The smallest absolute Gasteiger partial charge is 0.261 e. The van der Waals surface area contributed by atoms with Gasteiger partial charge in [0.25, 0.3) is 5.91 Å². The van der Waals surface area contributed by atoms with Crippen LogP contribution in [0.15, 0.2) is 53.0 Å². The maximum Gasteiger partial charge on any atom is 0.261 e. The van der Waals surface area contributed by atoms with Crippen molar-refractivity contribution < 1.29 is 14.3 Å². The summed E-state index contributed by atoms with van der Waals surface area (Å²) in [6.07, 6.45) is 0.652. The van der Waals surface area contributed by atoms with E-state index in [9.17, 15) is 9.59 Å². The zero-order valence-electron chi connectivity index (χ0n) is 17.5. The Morgan fingerprint density at radius 1 is 1.13 bits per heavy atom. The number of carbonyl (C=O) groups excluding carboxylic acids is 2. The number of rotatable bonds is 10. The molecule has 2 rings (SSSR count). The highest BCUT2D eigenvalue weighted by molar-refractivity contribution is 9.10. The van der Waals surface area contributed by atoms with Crippen LogP contribution in [-0.2, 0) is 16.0 Å². The Morgan fingerprint density at radius 2 is 1.83 bits per heavy atom. The minimum absolute atomic E-state index is 0.169. The molecule has 2 amide bonds. The van der Waals surface area contributed by atoms with E-state index in [2.05, 4.69) is 21.2 Å². The maximum absolute atomic E-state index is 13.0. The number of nitrogens with zero attached hydrogens (tertiary/aromatic N) is 1. The van der Waals surface area contributed by atoms with Gasteiger partial charge in [-0.25, -0.2) is 0 Å². The molecule has 0 heterocycles. The summed E-state index contributed by atoms with van der Waals surface area (Å²) in [5.41, 5.74) is 1.10. The second-order valence-corrected chi connectivity index (χ2v) is 8.79. The van der Waals surface area contributed by atoms with Crippen LogP contribution in [0.1, 0.15) is 26.3 Å². The monoisotopic (exact) mass is 494 g/mol. The highest BCUT2D eigenvalue weighted by Gasteiger charge is 2.26. The van der Waals surface area contributed by atoms with Crippen LogP contribution in [-0.4, -0.2) is 42.5 Å². The molecular formula is C23H28BrClN2O3. The molecule has 0 aromatic heterocycles. The first-order valence-corrected chi connectivity index (χ1v) is 11.1. The van der Waals surface area contributed by atoms with Crippen LogP contribution in [0.2, 0.25) is 5.02 Å². The van der Waals surface area contributed by atoms with Gasteiger partial charge in [-0.05, 0) is 59.0 Å².